The van der Waals surface area contributed by atoms with Gasteiger partial charge in [0.05, 0.1) is 6.54 Å². The van der Waals surface area contributed by atoms with E-state index in [2.05, 4.69) is 15.4 Å². The number of carbonyl (C=O) groups is 1. The number of anilines is 1. The van der Waals surface area contributed by atoms with Crippen LogP contribution < -0.4 is 5.32 Å². The van der Waals surface area contributed by atoms with E-state index in [1.807, 2.05) is 30.5 Å². The molecule has 0 saturated carbocycles. The summed E-state index contributed by atoms with van der Waals surface area (Å²) in [6.07, 6.45) is 5.44. The fourth-order valence-corrected chi connectivity index (χ4v) is 1.95. The Morgan fingerprint density at radius 1 is 1.50 bits per heavy atom. The number of nitrogens with one attached hydrogen (secondary N) is 1. The van der Waals surface area contributed by atoms with Gasteiger partial charge in [-0.05, 0) is 24.5 Å². The molecule has 2 aromatic rings. The molecule has 0 aliphatic rings. The molecule has 2 rings (SSSR count). The molecule has 1 heterocycles. The molecule has 0 aliphatic carbocycles. The molecule has 0 spiro atoms. The topological polar surface area (TPSA) is 59.8 Å². The quantitative estimate of drug-likeness (QED) is 0.838. The van der Waals surface area contributed by atoms with Crippen molar-refractivity contribution in [2.45, 2.75) is 17.9 Å². The third kappa shape index (κ3) is 3.59. The second-order valence-electron chi connectivity index (χ2n) is 3.69. The van der Waals surface area contributed by atoms with Crippen LogP contribution in [0.1, 0.15) is 6.42 Å². The lowest BCUT2D eigenvalue weighted by atomic mass is 10.3. The fourth-order valence-electron chi connectivity index (χ4n) is 1.49. The van der Waals surface area contributed by atoms with E-state index < -0.39 is 0 Å². The van der Waals surface area contributed by atoms with Crippen molar-refractivity contribution in [2.24, 2.45) is 0 Å². The molecule has 0 fully saturated rings. The van der Waals surface area contributed by atoms with Crippen LogP contribution in [0.15, 0.2) is 41.8 Å². The number of thioether (sulfide) groups is 1. The van der Waals surface area contributed by atoms with Crippen LogP contribution in [-0.4, -0.2) is 26.9 Å². The molecule has 0 radical (unpaired) electrons. The fraction of sp³-hybridized carbons (Fsp3) is 0.250. The van der Waals surface area contributed by atoms with Crippen molar-refractivity contribution in [1.82, 2.24) is 14.8 Å². The molecule has 0 bridgehead atoms. The van der Waals surface area contributed by atoms with Crippen LogP contribution in [0.25, 0.3) is 0 Å². The molecule has 0 unspecified atom stereocenters. The van der Waals surface area contributed by atoms with E-state index in [4.69, 9.17) is 0 Å². The summed E-state index contributed by atoms with van der Waals surface area (Å²) in [7, 11) is 0. The van der Waals surface area contributed by atoms with Gasteiger partial charge in [-0.15, -0.1) is 11.8 Å². The van der Waals surface area contributed by atoms with E-state index in [-0.39, 0.29) is 5.91 Å². The molecule has 1 N–H and O–H groups in total. The molecular formula is C12H14N4OS. The van der Waals surface area contributed by atoms with Crippen LogP contribution in [0.2, 0.25) is 0 Å². The van der Waals surface area contributed by atoms with Gasteiger partial charge in [-0.3, -0.25) is 9.48 Å². The minimum atomic E-state index is -0.0243. The average molecular weight is 262 g/mol. The van der Waals surface area contributed by atoms with Gasteiger partial charge in [0, 0.05) is 17.0 Å². The molecule has 5 nitrogen and oxygen atoms in total. The SMILES string of the molecule is CSc1cccc(NC(=O)CCn2cncn2)c1. The van der Waals surface area contributed by atoms with E-state index in [9.17, 15) is 4.79 Å². The Morgan fingerprint density at radius 3 is 3.11 bits per heavy atom. The molecule has 18 heavy (non-hydrogen) atoms. The highest BCUT2D eigenvalue weighted by Crippen LogP contribution is 2.18. The summed E-state index contributed by atoms with van der Waals surface area (Å²) < 4.78 is 1.64. The van der Waals surface area contributed by atoms with Gasteiger partial charge < -0.3 is 5.32 Å². The zero-order valence-electron chi connectivity index (χ0n) is 10.0. The minimum Gasteiger partial charge on any atom is -0.326 e. The minimum absolute atomic E-state index is 0.0243. The van der Waals surface area contributed by atoms with Crippen LogP contribution in [-0.2, 0) is 11.3 Å². The standard InChI is InChI=1S/C12H14N4OS/c1-18-11-4-2-3-10(7-11)15-12(17)5-6-16-9-13-8-14-16/h2-4,7-9H,5-6H2,1H3,(H,15,17). The molecule has 1 aromatic carbocycles. The Morgan fingerprint density at radius 2 is 2.39 bits per heavy atom. The van der Waals surface area contributed by atoms with Crippen LogP contribution in [0, 0.1) is 0 Å². The maximum Gasteiger partial charge on any atom is 0.226 e. The number of nitrogens with zero attached hydrogens (tertiary/aromatic N) is 3. The van der Waals surface area contributed by atoms with E-state index in [0.29, 0.717) is 13.0 Å². The van der Waals surface area contributed by atoms with Gasteiger partial charge in [-0.2, -0.15) is 5.10 Å². The molecule has 6 heteroatoms. The number of benzene rings is 1. The van der Waals surface area contributed by atoms with Gasteiger partial charge >= 0.3 is 0 Å². The Kier molecular flexibility index (Phi) is 4.35. The summed E-state index contributed by atoms with van der Waals surface area (Å²) in [4.78, 5) is 16.7. The van der Waals surface area contributed by atoms with E-state index in [0.717, 1.165) is 10.6 Å². The number of hydrogen-bond acceptors (Lipinski definition) is 4. The predicted molar refractivity (Wildman–Crippen MR) is 71.5 cm³/mol. The maximum atomic E-state index is 11.7. The molecule has 94 valence electrons. The van der Waals surface area contributed by atoms with Crippen LogP contribution in [0.5, 0.6) is 0 Å². The van der Waals surface area contributed by atoms with Crippen molar-refractivity contribution >= 4 is 23.4 Å². The van der Waals surface area contributed by atoms with Gasteiger partial charge in [0.1, 0.15) is 12.7 Å². The monoisotopic (exact) mass is 262 g/mol. The smallest absolute Gasteiger partial charge is 0.226 e. The van der Waals surface area contributed by atoms with Crippen LogP contribution in [0.3, 0.4) is 0 Å². The Bertz CT molecular complexity index is 513. The molecule has 0 atom stereocenters. The molecule has 0 aliphatic heterocycles. The average Bonchev–Trinajstić information content (AvgIpc) is 2.90. The third-order valence-electron chi connectivity index (χ3n) is 2.39. The lowest BCUT2D eigenvalue weighted by molar-refractivity contribution is -0.116. The number of amides is 1. The lowest BCUT2D eigenvalue weighted by Crippen LogP contribution is -2.14. The van der Waals surface area contributed by atoms with Crippen molar-refractivity contribution in [3.05, 3.63) is 36.9 Å². The Balaban J connectivity index is 1.86. The maximum absolute atomic E-state index is 11.7. The Labute approximate surface area is 110 Å². The van der Waals surface area contributed by atoms with Gasteiger partial charge in [-0.1, -0.05) is 6.07 Å². The molecule has 0 saturated heterocycles. The highest BCUT2D eigenvalue weighted by molar-refractivity contribution is 7.98. The first kappa shape index (κ1) is 12.6. The molecule has 1 amide bonds. The predicted octanol–water partition coefficient (Wildman–Crippen LogP) is 2.03. The first-order chi connectivity index (χ1) is 8.78. The summed E-state index contributed by atoms with van der Waals surface area (Å²) in [5, 5.41) is 6.81. The van der Waals surface area contributed by atoms with E-state index in [1.54, 1.807) is 22.8 Å². The van der Waals surface area contributed by atoms with Crippen molar-refractivity contribution in [1.29, 1.82) is 0 Å². The summed E-state index contributed by atoms with van der Waals surface area (Å²) >= 11 is 1.65. The van der Waals surface area contributed by atoms with Crippen LogP contribution in [0.4, 0.5) is 5.69 Å². The second-order valence-corrected chi connectivity index (χ2v) is 4.57. The first-order valence-corrected chi connectivity index (χ1v) is 6.77. The van der Waals surface area contributed by atoms with Crippen molar-refractivity contribution in [3.63, 3.8) is 0 Å². The number of aryl methyl sites for hydroxylation is 1. The van der Waals surface area contributed by atoms with E-state index in [1.165, 1.54) is 6.33 Å². The number of aromatic nitrogens is 3. The zero-order valence-corrected chi connectivity index (χ0v) is 10.9. The van der Waals surface area contributed by atoms with Gasteiger partial charge in [0.25, 0.3) is 0 Å². The summed E-state index contributed by atoms with van der Waals surface area (Å²) in [6, 6.07) is 7.78. The zero-order chi connectivity index (χ0) is 12.8. The third-order valence-corrected chi connectivity index (χ3v) is 3.11. The van der Waals surface area contributed by atoms with Crippen LogP contribution >= 0.6 is 11.8 Å². The lowest BCUT2D eigenvalue weighted by Gasteiger charge is -2.06. The van der Waals surface area contributed by atoms with Crippen molar-refractivity contribution < 1.29 is 4.79 Å². The summed E-state index contributed by atoms with van der Waals surface area (Å²) in [5.74, 6) is -0.0243. The van der Waals surface area contributed by atoms with Gasteiger partial charge in [0.15, 0.2) is 0 Å². The second kappa shape index (κ2) is 6.20. The number of hydrogen-bond donors (Lipinski definition) is 1. The molecular weight excluding hydrogens is 248 g/mol. The highest BCUT2D eigenvalue weighted by atomic mass is 32.2. The summed E-state index contributed by atoms with van der Waals surface area (Å²) in [6.45, 7) is 0.536. The number of rotatable bonds is 5. The van der Waals surface area contributed by atoms with Gasteiger partial charge in [-0.25, -0.2) is 4.98 Å². The number of carbonyl (C=O) groups excluding carboxylic acids is 1. The summed E-state index contributed by atoms with van der Waals surface area (Å²) in [5.41, 5.74) is 0.824. The Hall–Kier alpha value is -1.82. The van der Waals surface area contributed by atoms with Crippen molar-refractivity contribution in [2.75, 3.05) is 11.6 Å². The largest absolute Gasteiger partial charge is 0.326 e. The molecule has 1 aromatic heterocycles. The van der Waals surface area contributed by atoms with Crippen molar-refractivity contribution in [3.8, 4) is 0 Å². The van der Waals surface area contributed by atoms with E-state index >= 15 is 0 Å². The highest BCUT2D eigenvalue weighted by Gasteiger charge is 2.03. The normalized spacial score (nSPS) is 10.3. The first-order valence-electron chi connectivity index (χ1n) is 5.54. The van der Waals surface area contributed by atoms with Gasteiger partial charge in [0.2, 0.25) is 5.91 Å².